The van der Waals surface area contributed by atoms with Gasteiger partial charge in [0.05, 0.1) is 31.3 Å². The van der Waals surface area contributed by atoms with E-state index in [9.17, 15) is 29.8 Å². The number of rotatable bonds is 6. The third kappa shape index (κ3) is 5.17. The molecule has 32 heavy (non-hydrogen) atoms. The molecule has 3 rings (SSSR count). The van der Waals surface area contributed by atoms with E-state index in [4.69, 9.17) is 23.2 Å². The lowest BCUT2D eigenvalue weighted by atomic mass is 10.1. The zero-order valence-corrected chi connectivity index (χ0v) is 17.4. The first-order chi connectivity index (χ1) is 15.2. The Labute approximate surface area is 190 Å². The molecule has 0 saturated heterocycles. The monoisotopic (exact) mass is 474 g/mol. The molecule has 3 aromatic rings. The van der Waals surface area contributed by atoms with E-state index in [1.807, 2.05) is 0 Å². The average molecular weight is 475 g/mol. The number of non-ortho nitro benzene ring substituents is 2. The third-order valence-corrected chi connectivity index (χ3v) is 4.86. The standard InChI is InChI=1S/C20H12Cl2N4O6/c21-15-6-4-13(25(29)30)9-17(15)23-19(27)11-2-1-3-12(8-11)20(28)24-18-10-14(26(31)32)5-7-16(18)22/h1-10H,(H,23,27)(H,24,28). The molecular formula is C20H12Cl2N4O6. The van der Waals surface area contributed by atoms with Gasteiger partial charge in [0.2, 0.25) is 0 Å². The summed E-state index contributed by atoms with van der Waals surface area (Å²) in [5.74, 6) is -1.31. The van der Waals surface area contributed by atoms with Crippen LogP contribution in [0.25, 0.3) is 0 Å². The first-order valence-corrected chi connectivity index (χ1v) is 9.52. The smallest absolute Gasteiger partial charge is 0.271 e. The minimum Gasteiger partial charge on any atom is -0.320 e. The van der Waals surface area contributed by atoms with Gasteiger partial charge in [0.1, 0.15) is 0 Å². The molecule has 10 nitrogen and oxygen atoms in total. The fraction of sp³-hybridized carbons (Fsp3) is 0. The van der Waals surface area contributed by atoms with Crippen LogP contribution in [-0.4, -0.2) is 21.7 Å². The molecule has 0 heterocycles. The summed E-state index contributed by atoms with van der Waals surface area (Å²) < 4.78 is 0. The van der Waals surface area contributed by atoms with Gasteiger partial charge in [-0.2, -0.15) is 0 Å². The number of anilines is 2. The number of nitro benzene ring substituents is 2. The van der Waals surface area contributed by atoms with Gasteiger partial charge < -0.3 is 10.6 Å². The quantitative estimate of drug-likeness (QED) is 0.365. The molecule has 2 N–H and O–H groups in total. The zero-order chi connectivity index (χ0) is 23.4. The highest BCUT2D eigenvalue weighted by molar-refractivity contribution is 6.34. The van der Waals surface area contributed by atoms with Gasteiger partial charge in [-0.15, -0.1) is 0 Å². The Kier molecular flexibility index (Phi) is 6.67. The van der Waals surface area contributed by atoms with Gasteiger partial charge in [-0.1, -0.05) is 29.3 Å². The number of amides is 2. The summed E-state index contributed by atoms with van der Waals surface area (Å²) in [7, 11) is 0. The van der Waals surface area contributed by atoms with Crippen molar-refractivity contribution in [3.63, 3.8) is 0 Å². The predicted octanol–water partition coefficient (Wildman–Crippen LogP) is 5.31. The molecule has 3 aromatic carbocycles. The van der Waals surface area contributed by atoms with Gasteiger partial charge in [-0.25, -0.2) is 0 Å². The van der Waals surface area contributed by atoms with Gasteiger partial charge in [0.15, 0.2) is 0 Å². The highest BCUT2D eigenvalue weighted by Gasteiger charge is 2.17. The lowest BCUT2D eigenvalue weighted by Crippen LogP contribution is -2.16. The second-order valence-electron chi connectivity index (χ2n) is 6.33. The van der Waals surface area contributed by atoms with E-state index >= 15 is 0 Å². The van der Waals surface area contributed by atoms with Crippen molar-refractivity contribution in [3.05, 3.63) is 102 Å². The van der Waals surface area contributed by atoms with Crippen LogP contribution in [0.3, 0.4) is 0 Å². The minimum atomic E-state index is -0.657. The molecule has 0 saturated carbocycles. The van der Waals surface area contributed by atoms with Crippen LogP contribution in [0.1, 0.15) is 20.7 Å². The van der Waals surface area contributed by atoms with Crippen molar-refractivity contribution in [2.24, 2.45) is 0 Å². The Balaban J connectivity index is 1.81. The third-order valence-electron chi connectivity index (χ3n) is 4.20. The van der Waals surface area contributed by atoms with E-state index < -0.39 is 21.7 Å². The van der Waals surface area contributed by atoms with Gasteiger partial charge in [-0.05, 0) is 30.3 Å². The van der Waals surface area contributed by atoms with Crippen molar-refractivity contribution in [3.8, 4) is 0 Å². The van der Waals surface area contributed by atoms with Gasteiger partial charge in [0.25, 0.3) is 23.2 Å². The van der Waals surface area contributed by atoms with Crippen LogP contribution >= 0.6 is 23.2 Å². The molecule has 162 valence electrons. The van der Waals surface area contributed by atoms with Crippen molar-refractivity contribution >= 4 is 57.8 Å². The molecule has 0 fully saturated rings. The number of nitro groups is 2. The average Bonchev–Trinajstić information content (AvgIpc) is 2.76. The first-order valence-electron chi connectivity index (χ1n) is 8.76. The molecule has 0 spiro atoms. The fourth-order valence-corrected chi connectivity index (χ4v) is 2.97. The summed E-state index contributed by atoms with van der Waals surface area (Å²) in [6, 6.07) is 12.8. The molecule has 0 atom stereocenters. The molecule has 0 unspecified atom stereocenters. The van der Waals surface area contributed by atoms with Crippen LogP contribution in [0.5, 0.6) is 0 Å². The van der Waals surface area contributed by atoms with Crippen molar-refractivity contribution < 1.29 is 19.4 Å². The number of carbonyl (C=O) groups excluding carboxylic acids is 2. The normalized spacial score (nSPS) is 10.3. The molecule has 12 heteroatoms. The van der Waals surface area contributed by atoms with Gasteiger partial charge in [0, 0.05) is 35.4 Å². The van der Waals surface area contributed by atoms with E-state index in [1.54, 1.807) is 0 Å². The summed E-state index contributed by atoms with van der Waals surface area (Å²) >= 11 is 12.0. The number of carbonyl (C=O) groups is 2. The Bertz CT molecular complexity index is 1170. The van der Waals surface area contributed by atoms with Crippen LogP contribution in [0.4, 0.5) is 22.7 Å². The lowest BCUT2D eigenvalue weighted by Gasteiger charge is -2.10. The molecule has 0 aliphatic heterocycles. The van der Waals surface area contributed by atoms with Crippen LogP contribution < -0.4 is 10.6 Å². The predicted molar refractivity (Wildman–Crippen MR) is 119 cm³/mol. The van der Waals surface area contributed by atoms with Gasteiger partial charge in [-0.3, -0.25) is 29.8 Å². The maximum atomic E-state index is 12.6. The second kappa shape index (κ2) is 9.41. The molecule has 2 amide bonds. The molecule has 0 bridgehead atoms. The van der Waals surface area contributed by atoms with Crippen molar-refractivity contribution in [1.82, 2.24) is 0 Å². The summed E-state index contributed by atoms with van der Waals surface area (Å²) in [5, 5.41) is 27.0. The maximum absolute atomic E-state index is 12.6. The fourth-order valence-electron chi connectivity index (χ4n) is 2.64. The number of hydrogen-bond donors (Lipinski definition) is 2. The molecule has 0 aliphatic rings. The van der Waals surface area contributed by atoms with E-state index in [0.717, 1.165) is 12.1 Å². The topological polar surface area (TPSA) is 144 Å². The number of benzene rings is 3. The second-order valence-corrected chi connectivity index (χ2v) is 7.15. The summed E-state index contributed by atoms with van der Waals surface area (Å²) in [6.45, 7) is 0. The van der Waals surface area contributed by atoms with Crippen LogP contribution in [-0.2, 0) is 0 Å². The Morgan fingerprint density at radius 2 is 1.09 bits per heavy atom. The SMILES string of the molecule is O=C(Nc1cc([N+](=O)[O-])ccc1Cl)c1cccc(C(=O)Nc2cc([N+](=O)[O-])ccc2Cl)c1. The van der Waals surface area contributed by atoms with E-state index in [1.165, 1.54) is 48.5 Å². The summed E-state index contributed by atoms with van der Waals surface area (Å²) in [5.41, 5.74) is -0.303. The molecular weight excluding hydrogens is 463 g/mol. The number of hydrogen-bond acceptors (Lipinski definition) is 6. The molecule has 0 aromatic heterocycles. The maximum Gasteiger partial charge on any atom is 0.271 e. The Hall–Kier alpha value is -4.02. The van der Waals surface area contributed by atoms with E-state index in [-0.39, 0.29) is 43.9 Å². The highest BCUT2D eigenvalue weighted by atomic mass is 35.5. The van der Waals surface area contributed by atoms with Gasteiger partial charge >= 0.3 is 0 Å². The number of nitrogens with zero attached hydrogens (tertiary/aromatic N) is 2. The Morgan fingerprint density at radius 1 is 0.688 bits per heavy atom. The largest absolute Gasteiger partial charge is 0.320 e. The van der Waals surface area contributed by atoms with E-state index in [2.05, 4.69) is 10.6 Å². The molecule has 0 radical (unpaired) electrons. The van der Waals surface area contributed by atoms with Crippen molar-refractivity contribution in [2.45, 2.75) is 0 Å². The minimum absolute atomic E-state index is 0.0316. The number of nitrogens with one attached hydrogen (secondary N) is 2. The van der Waals surface area contributed by atoms with Crippen LogP contribution in [0.15, 0.2) is 60.7 Å². The highest BCUT2D eigenvalue weighted by Crippen LogP contribution is 2.28. The van der Waals surface area contributed by atoms with Crippen molar-refractivity contribution in [1.29, 1.82) is 0 Å². The Morgan fingerprint density at radius 3 is 1.47 bits per heavy atom. The molecule has 0 aliphatic carbocycles. The van der Waals surface area contributed by atoms with E-state index in [0.29, 0.717) is 0 Å². The zero-order valence-electron chi connectivity index (χ0n) is 15.9. The first kappa shape index (κ1) is 22.7. The van der Waals surface area contributed by atoms with Crippen LogP contribution in [0.2, 0.25) is 10.0 Å². The summed E-state index contributed by atoms with van der Waals surface area (Å²) in [6.07, 6.45) is 0. The van der Waals surface area contributed by atoms with Crippen LogP contribution in [0, 0.1) is 20.2 Å². The van der Waals surface area contributed by atoms with Crippen molar-refractivity contribution in [2.75, 3.05) is 10.6 Å². The summed E-state index contributed by atoms with van der Waals surface area (Å²) in [4.78, 5) is 45.8. The number of halogens is 2. The lowest BCUT2D eigenvalue weighted by molar-refractivity contribution is -0.385.